The summed E-state index contributed by atoms with van der Waals surface area (Å²) in [6.45, 7) is 0. The molecule has 1 aromatic heterocycles. The predicted octanol–water partition coefficient (Wildman–Crippen LogP) is 2.59. The van der Waals surface area contributed by atoms with Crippen LogP contribution in [0, 0.1) is 5.82 Å². The minimum Gasteiger partial charge on any atom is -0.354 e. The van der Waals surface area contributed by atoms with Gasteiger partial charge in [-0.25, -0.2) is 9.37 Å². The van der Waals surface area contributed by atoms with E-state index in [4.69, 9.17) is 11.6 Å². The van der Waals surface area contributed by atoms with Crippen molar-refractivity contribution in [3.8, 4) is 0 Å². The maximum absolute atomic E-state index is 13.9. The Hall–Kier alpha value is -0.870. The van der Waals surface area contributed by atoms with Gasteiger partial charge in [-0.05, 0) is 31.7 Å². The van der Waals surface area contributed by atoms with E-state index in [2.05, 4.69) is 10.3 Å². The summed E-state index contributed by atoms with van der Waals surface area (Å²) >= 11 is 5.73. The van der Waals surface area contributed by atoms with Gasteiger partial charge >= 0.3 is 0 Å². The number of hydrogen-bond donors (Lipinski definition) is 1. The van der Waals surface area contributed by atoms with Gasteiger partial charge in [0, 0.05) is 31.4 Å². The fraction of sp³-hybridized carbons (Fsp3) is 0.615. The molecule has 2 unspecified atom stereocenters. The molecule has 98 valence electrons. The van der Waals surface area contributed by atoms with Crippen LogP contribution in [-0.2, 0) is 0 Å². The number of rotatable bonds is 2. The van der Waals surface area contributed by atoms with Gasteiger partial charge in [0.25, 0.3) is 0 Å². The lowest BCUT2D eigenvalue weighted by Gasteiger charge is -2.36. The molecular weight excluding hydrogens is 253 g/mol. The minimum atomic E-state index is -0.337. The zero-order valence-electron chi connectivity index (χ0n) is 10.4. The van der Waals surface area contributed by atoms with Gasteiger partial charge in [-0.15, -0.1) is 0 Å². The van der Waals surface area contributed by atoms with Crippen LogP contribution in [0.25, 0.3) is 0 Å². The molecule has 2 atom stereocenters. The zero-order valence-corrected chi connectivity index (χ0v) is 11.1. The molecule has 0 amide bonds. The van der Waals surface area contributed by atoms with Crippen LogP contribution in [0.4, 0.5) is 10.2 Å². The van der Waals surface area contributed by atoms with Crippen LogP contribution in [0.1, 0.15) is 25.7 Å². The van der Waals surface area contributed by atoms with E-state index in [1.54, 1.807) is 0 Å². The molecular formula is C13H17ClFN3. The van der Waals surface area contributed by atoms with Gasteiger partial charge in [0.15, 0.2) is 11.6 Å². The SMILES string of the molecule is CN(c1ncc(Cl)cc1F)C1CC2CCC(C1)N2. The Bertz CT molecular complexity index is 442. The molecule has 0 radical (unpaired) electrons. The summed E-state index contributed by atoms with van der Waals surface area (Å²) in [5.41, 5.74) is 0. The molecule has 2 fully saturated rings. The summed E-state index contributed by atoms with van der Waals surface area (Å²) in [4.78, 5) is 6.09. The molecule has 3 nitrogen and oxygen atoms in total. The van der Waals surface area contributed by atoms with Gasteiger partial charge in [0.2, 0.25) is 0 Å². The molecule has 1 N–H and O–H groups in total. The van der Waals surface area contributed by atoms with Crippen molar-refractivity contribution in [2.24, 2.45) is 0 Å². The molecule has 5 heteroatoms. The first-order chi connectivity index (χ1) is 8.63. The van der Waals surface area contributed by atoms with Crippen LogP contribution in [0.15, 0.2) is 12.3 Å². The van der Waals surface area contributed by atoms with E-state index in [-0.39, 0.29) is 5.82 Å². The van der Waals surface area contributed by atoms with Crippen LogP contribution < -0.4 is 10.2 Å². The average Bonchev–Trinajstić information content (AvgIpc) is 2.67. The van der Waals surface area contributed by atoms with Crippen LogP contribution in [0.2, 0.25) is 5.02 Å². The lowest BCUT2D eigenvalue weighted by Crippen LogP contribution is -2.47. The normalized spacial score (nSPS) is 30.5. The van der Waals surface area contributed by atoms with E-state index in [0.29, 0.717) is 29.0 Å². The largest absolute Gasteiger partial charge is 0.354 e. The first-order valence-corrected chi connectivity index (χ1v) is 6.81. The summed E-state index contributed by atoms with van der Waals surface area (Å²) in [6.07, 6.45) is 6.12. The zero-order chi connectivity index (χ0) is 12.7. The molecule has 2 bridgehead atoms. The van der Waals surface area contributed by atoms with E-state index >= 15 is 0 Å². The van der Waals surface area contributed by atoms with Crippen molar-refractivity contribution in [1.29, 1.82) is 0 Å². The van der Waals surface area contributed by atoms with Gasteiger partial charge in [-0.1, -0.05) is 11.6 Å². The third-order valence-electron chi connectivity index (χ3n) is 4.12. The van der Waals surface area contributed by atoms with Gasteiger partial charge < -0.3 is 10.2 Å². The third kappa shape index (κ3) is 2.19. The van der Waals surface area contributed by atoms with E-state index in [0.717, 1.165) is 12.8 Å². The van der Waals surface area contributed by atoms with Crippen LogP contribution >= 0.6 is 11.6 Å². The number of nitrogens with one attached hydrogen (secondary N) is 1. The number of piperidine rings is 1. The number of fused-ring (bicyclic) bond motifs is 2. The smallest absolute Gasteiger partial charge is 0.167 e. The van der Waals surface area contributed by atoms with Crippen LogP contribution in [0.5, 0.6) is 0 Å². The topological polar surface area (TPSA) is 28.2 Å². The maximum atomic E-state index is 13.9. The Morgan fingerprint density at radius 1 is 1.39 bits per heavy atom. The van der Waals surface area contributed by atoms with Gasteiger partial charge in [-0.3, -0.25) is 0 Å². The summed E-state index contributed by atoms with van der Waals surface area (Å²) in [5.74, 6) is 0.0709. The van der Waals surface area contributed by atoms with Crippen molar-refractivity contribution in [2.75, 3.05) is 11.9 Å². The Morgan fingerprint density at radius 2 is 2.06 bits per heavy atom. The number of anilines is 1. The Morgan fingerprint density at radius 3 is 2.67 bits per heavy atom. The molecule has 1 aromatic rings. The van der Waals surface area contributed by atoms with Crippen molar-refractivity contribution < 1.29 is 4.39 Å². The van der Waals surface area contributed by atoms with Crippen LogP contribution in [-0.4, -0.2) is 30.2 Å². The molecule has 0 aromatic carbocycles. The fourth-order valence-corrected chi connectivity index (χ4v) is 3.33. The highest BCUT2D eigenvalue weighted by atomic mass is 35.5. The first kappa shape index (κ1) is 12.2. The van der Waals surface area contributed by atoms with Crippen LogP contribution in [0.3, 0.4) is 0 Å². The molecule has 2 saturated heterocycles. The Balaban J connectivity index is 1.79. The number of hydrogen-bond acceptors (Lipinski definition) is 3. The first-order valence-electron chi connectivity index (χ1n) is 6.43. The van der Waals surface area contributed by atoms with E-state index in [1.165, 1.54) is 25.1 Å². The second kappa shape index (κ2) is 4.67. The predicted molar refractivity (Wildman–Crippen MR) is 70.6 cm³/mol. The molecule has 0 aliphatic carbocycles. The third-order valence-corrected chi connectivity index (χ3v) is 4.33. The van der Waals surface area contributed by atoms with Crippen molar-refractivity contribution in [3.63, 3.8) is 0 Å². The summed E-state index contributed by atoms with van der Waals surface area (Å²) in [7, 11) is 1.93. The number of halogens is 2. The molecule has 0 saturated carbocycles. The summed E-state index contributed by atoms with van der Waals surface area (Å²) in [6, 6.07) is 2.88. The van der Waals surface area contributed by atoms with Gasteiger partial charge in [0.05, 0.1) is 5.02 Å². The molecule has 3 heterocycles. The van der Waals surface area contributed by atoms with Crippen molar-refractivity contribution >= 4 is 17.4 Å². The van der Waals surface area contributed by atoms with E-state index in [9.17, 15) is 4.39 Å². The summed E-state index contributed by atoms with van der Waals surface area (Å²) in [5, 5.41) is 3.93. The maximum Gasteiger partial charge on any atom is 0.167 e. The second-order valence-corrected chi connectivity index (χ2v) is 5.77. The van der Waals surface area contributed by atoms with Gasteiger partial charge in [0.1, 0.15) is 0 Å². The monoisotopic (exact) mass is 269 g/mol. The fourth-order valence-electron chi connectivity index (χ4n) is 3.18. The Kier molecular flexibility index (Phi) is 3.16. The van der Waals surface area contributed by atoms with E-state index in [1.807, 2.05) is 11.9 Å². The summed E-state index contributed by atoms with van der Waals surface area (Å²) < 4.78 is 13.9. The lowest BCUT2D eigenvalue weighted by atomic mass is 9.98. The van der Waals surface area contributed by atoms with Crippen molar-refractivity contribution in [3.05, 3.63) is 23.1 Å². The standard InChI is InChI=1S/C13H17ClFN3/c1-18(13-12(15)4-8(14)7-16-13)11-5-9-2-3-10(6-11)17-9/h4,7,9-11,17H,2-3,5-6H2,1H3. The highest BCUT2D eigenvalue weighted by molar-refractivity contribution is 6.30. The van der Waals surface area contributed by atoms with Gasteiger partial charge in [-0.2, -0.15) is 0 Å². The van der Waals surface area contributed by atoms with Crippen molar-refractivity contribution in [1.82, 2.24) is 10.3 Å². The van der Waals surface area contributed by atoms with Crippen molar-refractivity contribution in [2.45, 2.75) is 43.8 Å². The molecule has 3 rings (SSSR count). The number of nitrogens with zero attached hydrogens (tertiary/aromatic N) is 2. The van der Waals surface area contributed by atoms with E-state index < -0.39 is 0 Å². The Labute approximate surface area is 111 Å². The number of pyridine rings is 1. The molecule has 2 aliphatic heterocycles. The lowest BCUT2D eigenvalue weighted by molar-refractivity contribution is 0.352. The quantitative estimate of drug-likeness (QED) is 0.895. The molecule has 2 aliphatic rings. The number of aromatic nitrogens is 1. The average molecular weight is 270 g/mol. The molecule has 18 heavy (non-hydrogen) atoms. The second-order valence-electron chi connectivity index (χ2n) is 5.33. The highest BCUT2D eigenvalue weighted by Crippen LogP contribution is 2.31. The molecule has 0 spiro atoms. The highest BCUT2D eigenvalue weighted by Gasteiger charge is 2.35. The minimum absolute atomic E-state index is 0.337.